The fourth-order valence-corrected chi connectivity index (χ4v) is 3.91. The van der Waals surface area contributed by atoms with Gasteiger partial charge in [-0.1, -0.05) is 54.6 Å². The van der Waals surface area contributed by atoms with Crippen LogP contribution in [-0.4, -0.2) is 11.1 Å². The van der Waals surface area contributed by atoms with Gasteiger partial charge in [0.1, 0.15) is 6.17 Å². The van der Waals surface area contributed by atoms with Gasteiger partial charge >= 0.3 is 0 Å². The molecule has 0 saturated heterocycles. The number of anilines is 1. The summed E-state index contributed by atoms with van der Waals surface area (Å²) in [6.07, 6.45) is 3.43. The molecule has 2 heterocycles. The van der Waals surface area contributed by atoms with Crippen molar-refractivity contribution in [1.82, 2.24) is 4.90 Å². The molecule has 2 aliphatic heterocycles. The predicted octanol–water partition coefficient (Wildman–Crippen LogP) is 5.18. The molecule has 0 N–H and O–H groups in total. The molecule has 4 rings (SSSR count). The number of hydrogen-bond donors (Lipinski definition) is 0. The van der Waals surface area contributed by atoms with E-state index in [-0.39, 0.29) is 0 Å². The minimum atomic E-state index is -2.17. The Morgan fingerprint density at radius 1 is 1.00 bits per heavy atom. The Balaban J connectivity index is 1.91. The molecule has 122 valence electrons. The lowest BCUT2D eigenvalue weighted by molar-refractivity contribution is 0.182. The van der Waals surface area contributed by atoms with Gasteiger partial charge in [0.05, 0.1) is 11.2 Å². The van der Waals surface area contributed by atoms with Gasteiger partial charge in [0, 0.05) is 15.5 Å². The van der Waals surface area contributed by atoms with Gasteiger partial charge in [-0.2, -0.15) is 0 Å². The average Bonchev–Trinajstić information content (AvgIpc) is 3.13. The van der Waals surface area contributed by atoms with E-state index in [1.807, 2.05) is 61.2 Å². The standard InChI is InChI=1S/C22H24N2/c1-16-10-8-9-13-20(16)23-17(2)21-14-15-22(4,24(21)18(23)3)19-11-6-5-7-12-19/h5-15,18H,1-4H3/i3D3. The van der Waals surface area contributed by atoms with Crippen LogP contribution in [0.4, 0.5) is 5.69 Å². The Kier molecular flexibility index (Phi) is 2.63. The molecule has 0 saturated carbocycles. The molecule has 0 radical (unpaired) electrons. The Morgan fingerprint density at radius 2 is 1.71 bits per heavy atom. The van der Waals surface area contributed by atoms with Crippen molar-refractivity contribution < 1.29 is 4.11 Å². The van der Waals surface area contributed by atoms with E-state index in [2.05, 4.69) is 36.1 Å². The third kappa shape index (κ3) is 1.96. The summed E-state index contributed by atoms with van der Waals surface area (Å²) in [4.78, 5) is 4.06. The van der Waals surface area contributed by atoms with Crippen molar-refractivity contribution in [1.29, 1.82) is 0 Å². The highest BCUT2D eigenvalue weighted by molar-refractivity contribution is 5.63. The number of benzene rings is 2. The van der Waals surface area contributed by atoms with Crippen LogP contribution in [0.3, 0.4) is 0 Å². The number of para-hydroxylation sites is 1. The number of fused-ring (bicyclic) bond motifs is 1. The van der Waals surface area contributed by atoms with E-state index < -0.39 is 18.6 Å². The summed E-state index contributed by atoms with van der Waals surface area (Å²) < 4.78 is 25.1. The molecule has 2 nitrogen and oxygen atoms in total. The highest BCUT2D eigenvalue weighted by atomic mass is 15.4. The van der Waals surface area contributed by atoms with Gasteiger partial charge in [-0.3, -0.25) is 0 Å². The fraction of sp³-hybridized carbons (Fsp3) is 0.273. The zero-order chi connectivity index (χ0) is 19.4. The van der Waals surface area contributed by atoms with Gasteiger partial charge in [0.25, 0.3) is 0 Å². The van der Waals surface area contributed by atoms with E-state index >= 15 is 0 Å². The van der Waals surface area contributed by atoms with Crippen LogP contribution < -0.4 is 4.90 Å². The molecule has 2 heteroatoms. The Bertz CT molecular complexity index is 930. The first kappa shape index (κ1) is 12.0. The van der Waals surface area contributed by atoms with Crippen molar-refractivity contribution in [2.75, 3.05) is 4.90 Å². The largest absolute Gasteiger partial charge is 0.337 e. The maximum Gasteiger partial charge on any atom is 0.104 e. The lowest BCUT2D eigenvalue weighted by atomic mass is 9.91. The van der Waals surface area contributed by atoms with E-state index in [0.717, 1.165) is 28.2 Å². The summed E-state index contributed by atoms with van der Waals surface area (Å²) in [5.74, 6) is 0. The summed E-state index contributed by atoms with van der Waals surface area (Å²) in [6.45, 7) is 3.97. The lowest BCUT2D eigenvalue weighted by Crippen LogP contribution is -2.46. The molecule has 2 unspecified atom stereocenters. The third-order valence-corrected chi connectivity index (χ3v) is 5.28. The quantitative estimate of drug-likeness (QED) is 0.752. The second-order valence-electron chi connectivity index (χ2n) is 6.72. The molecule has 2 atom stereocenters. The van der Waals surface area contributed by atoms with Crippen molar-refractivity contribution in [3.8, 4) is 0 Å². The first-order valence-electron chi connectivity index (χ1n) is 9.85. The van der Waals surface area contributed by atoms with Crippen LogP contribution in [0.5, 0.6) is 0 Å². The summed E-state index contributed by atoms with van der Waals surface area (Å²) in [6, 6.07) is 18.1. The minimum absolute atomic E-state index is 0.506. The van der Waals surface area contributed by atoms with Crippen LogP contribution in [0.2, 0.25) is 0 Å². The van der Waals surface area contributed by atoms with Gasteiger partial charge in [-0.25, -0.2) is 0 Å². The number of allylic oxidation sites excluding steroid dienone is 2. The highest BCUT2D eigenvalue weighted by Gasteiger charge is 2.46. The van der Waals surface area contributed by atoms with Crippen molar-refractivity contribution in [2.24, 2.45) is 0 Å². The van der Waals surface area contributed by atoms with E-state index in [0.29, 0.717) is 0 Å². The van der Waals surface area contributed by atoms with E-state index in [4.69, 9.17) is 4.11 Å². The predicted molar refractivity (Wildman–Crippen MR) is 101 cm³/mol. The Labute approximate surface area is 148 Å². The molecule has 0 fully saturated rings. The Morgan fingerprint density at radius 3 is 2.42 bits per heavy atom. The third-order valence-electron chi connectivity index (χ3n) is 5.28. The molecular weight excluding hydrogens is 292 g/mol. The summed E-state index contributed by atoms with van der Waals surface area (Å²) in [7, 11) is 0. The fourth-order valence-electron chi connectivity index (χ4n) is 3.91. The van der Waals surface area contributed by atoms with Gasteiger partial charge in [-0.05, 0) is 50.9 Å². The topological polar surface area (TPSA) is 6.48 Å². The molecule has 2 aromatic carbocycles. The molecule has 0 aliphatic carbocycles. The minimum Gasteiger partial charge on any atom is -0.337 e. The van der Waals surface area contributed by atoms with Crippen molar-refractivity contribution >= 4 is 5.69 Å². The summed E-state index contributed by atoms with van der Waals surface area (Å²) >= 11 is 0. The number of nitrogens with zero attached hydrogens (tertiary/aromatic N) is 2. The van der Waals surface area contributed by atoms with Crippen LogP contribution in [0.25, 0.3) is 0 Å². The SMILES string of the molecule is [2H]C([2H])([2H])C1N(c2ccccc2C)C(C)=C2C=CC(C)(c3ccccc3)N21. The lowest BCUT2D eigenvalue weighted by Gasteiger charge is -2.41. The monoisotopic (exact) mass is 319 g/mol. The van der Waals surface area contributed by atoms with Crippen molar-refractivity contribution in [3.63, 3.8) is 0 Å². The number of aryl methyl sites for hydroxylation is 1. The molecule has 2 aromatic rings. The molecule has 0 spiro atoms. The first-order chi connectivity index (χ1) is 12.7. The van der Waals surface area contributed by atoms with E-state index in [1.165, 1.54) is 0 Å². The highest BCUT2D eigenvalue weighted by Crippen LogP contribution is 2.48. The van der Waals surface area contributed by atoms with Gasteiger partial charge in [-0.15, -0.1) is 0 Å². The van der Waals surface area contributed by atoms with Crippen LogP contribution in [0.1, 0.15) is 35.9 Å². The normalized spacial score (nSPS) is 28.0. The molecule has 24 heavy (non-hydrogen) atoms. The molecule has 0 bridgehead atoms. The van der Waals surface area contributed by atoms with Crippen LogP contribution in [0.15, 0.2) is 78.1 Å². The van der Waals surface area contributed by atoms with Gasteiger partial charge in [0.2, 0.25) is 0 Å². The molecule has 0 aromatic heterocycles. The van der Waals surface area contributed by atoms with E-state index in [9.17, 15) is 0 Å². The molecule has 2 aliphatic rings. The maximum absolute atomic E-state index is 8.36. The van der Waals surface area contributed by atoms with Crippen LogP contribution in [-0.2, 0) is 5.54 Å². The zero-order valence-corrected chi connectivity index (χ0v) is 14.3. The summed E-state index contributed by atoms with van der Waals surface area (Å²) in [5.41, 5.74) is 4.55. The van der Waals surface area contributed by atoms with Crippen molar-refractivity contribution in [2.45, 2.75) is 39.3 Å². The first-order valence-corrected chi connectivity index (χ1v) is 8.35. The van der Waals surface area contributed by atoms with E-state index in [1.54, 1.807) is 0 Å². The van der Waals surface area contributed by atoms with Gasteiger partial charge < -0.3 is 9.80 Å². The Hall–Kier alpha value is -2.48. The maximum atomic E-state index is 8.36. The van der Waals surface area contributed by atoms with Crippen LogP contribution >= 0.6 is 0 Å². The molecule has 0 amide bonds. The van der Waals surface area contributed by atoms with Crippen LogP contribution in [0, 0.1) is 6.92 Å². The second-order valence-corrected chi connectivity index (χ2v) is 6.72. The zero-order valence-electron chi connectivity index (χ0n) is 17.3. The summed E-state index contributed by atoms with van der Waals surface area (Å²) in [5, 5.41) is 0. The van der Waals surface area contributed by atoms with Gasteiger partial charge in [0.15, 0.2) is 0 Å². The second kappa shape index (κ2) is 5.27. The number of rotatable bonds is 2. The number of hydrogen-bond acceptors (Lipinski definition) is 2. The average molecular weight is 319 g/mol. The van der Waals surface area contributed by atoms with Crippen molar-refractivity contribution in [3.05, 3.63) is 89.3 Å². The smallest absolute Gasteiger partial charge is 0.104 e. The molecular formula is C22H24N2.